The third-order valence-corrected chi connectivity index (χ3v) is 2.85. The fraction of sp³-hybridized carbons (Fsp3) is 0.308. The molecule has 0 unspecified atom stereocenters. The van der Waals surface area contributed by atoms with Gasteiger partial charge >= 0.3 is 0 Å². The molecular formula is C13H14N4O. The molecule has 5 heteroatoms. The van der Waals surface area contributed by atoms with Crippen molar-refractivity contribution in [2.75, 3.05) is 5.32 Å². The number of carbonyl (C=O) groups is 1. The van der Waals surface area contributed by atoms with E-state index in [4.69, 9.17) is 5.26 Å². The number of carbonyl (C=O) groups excluding carboxylic acids is 1. The molecule has 0 aliphatic rings. The molecule has 0 spiro atoms. The maximum absolute atomic E-state index is 11.5. The van der Waals surface area contributed by atoms with Gasteiger partial charge in [0.25, 0.3) is 0 Å². The number of benzene rings is 1. The summed E-state index contributed by atoms with van der Waals surface area (Å²) in [4.78, 5) is 15.9. The molecule has 0 aliphatic heterocycles. The van der Waals surface area contributed by atoms with Crippen LogP contribution in [0.5, 0.6) is 0 Å². The largest absolute Gasteiger partial charge is 0.331 e. The fourth-order valence-electron chi connectivity index (χ4n) is 1.79. The highest BCUT2D eigenvalue weighted by atomic mass is 16.1. The molecule has 2 aromatic rings. The Balaban J connectivity index is 2.21. The van der Waals surface area contributed by atoms with Crippen LogP contribution in [0.1, 0.15) is 18.7 Å². The van der Waals surface area contributed by atoms with E-state index in [0.29, 0.717) is 5.69 Å². The van der Waals surface area contributed by atoms with Crippen LogP contribution in [-0.2, 0) is 11.8 Å². The standard InChI is InChI=1S/C13H14N4O/c1-9-15-11-8-10(5-6-12(11)17(9)2)16-13(18)4-3-7-14/h5-6,8H,3-4H2,1-2H3,(H,16,18). The molecule has 18 heavy (non-hydrogen) atoms. The molecule has 1 aromatic carbocycles. The van der Waals surface area contributed by atoms with Gasteiger partial charge in [-0.25, -0.2) is 4.98 Å². The molecule has 0 aliphatic carbocycles. The molecule has 0 saturated carbocycles. The average Bonchev–Trinajstić information content (AvgIpc) is 2.62. The summed E-state index contributed by atoms with van der Waals surface area (Å²) in [5, 5.41) is 11.2. The first-order valence-electron chi connectivity index (χ1n) is 5.71. The zero-order chi connectivity index (χ0) is 13.1. The zero-order valence-electron chi connectivity index (χ0n) is 10.4. The van der Waals surface area contributed by atoms with Crippen molar-refractivity contribution >= 4 is 22.6 Å². The lowest BCUT2D eigenvalue weighted by Crippen LogP contribution is -2.10. The van der Waals surface area contributed by atoms with E-state index in [9.17, 15) is 4.79 Å². The first kappa shape index (κ1) is 12.1. The van der Waals surface area contributed by atoms with E-state index < -0.39 is 0 Å². The minimum absolute atomic E-state index is 0.149. The van der Waals surface area contributed by atoms with Crippen molar-refractivity contribution in [2.24, 2.45) is 7.05 Å². The van der Waals surface area contributed by atoms with E-state index in [2.05, 4.69) is 10.3 Å². The molecule has 0 atom stereocenters. The number of nitriles is 1. The Labute approximate surface area is 105 Å². The molecule has 0 radical (unpaired) electrons. The van der Waals surface area contributed by atoms with Gasteiger partial charge in [-0.2, -0.15) is 5.26 Å². The summed E-state index contributed by atoms with van der Waals surface area (Å²) in [6.07, 6.45) is 0.451. The van der Waals surface area contributed by atoms with Crippen LogP contribution in [0, 0.1) is 18.3 Å². The summed E-state index contributed by atoms with van der Waals surface area (Å²) >= 11 is 0. The zero-order valence-corrected chi connectivity index (χ0v) is 10.4. The van der Waals surface area contributed by atoms with Gasteiger partial charge in [-0.05, 0) is 25.1 Å². The molecule has 1 aromatic heterocycles. The van der Waals surface area contributed by atoms with Crippen molar-refractivity contribution in [3.05, 3.63) is 24.0 Å². The summed E-state index contributed by atoms with van der Waals surface area (Å²) in [5.74, 6) is 0.779. The van der Waals surface area contributed by atoms with Crippen LogP contribution in [0.25, 0.3) is 11.0 Å². The number of nitrogens with one attached hydrogen (secondary N) is 1. The van der Waals surface area contributed by atoms with Gasteiger partial charge in [-0.3, -0.25) is 4.79 Å². The Hall–Kier alpha value is -2.35. The number of rotatable bonds is 3. The number of fused-ring (bicyclic) bond motifs is 1. The second kappa shape index (κ2) is 4.88. The Morgan fingerprint density at radius 3 is 3.06 bits per heavy atom. The Morgan fingerprint density at radius 2 is 2.33 bits per heavy atom. The normalized spacial score (nSPS) is 10.3. The van der Waals surface area contributed by atoms with E-state index in [1.54, 1.807) is 0 Å². The smallest absolute Gasteiger partial charge is 0.225 e. The van der Waals surface area contributed by atoms with E-state index in [0.717, 1.165) is 16.9 Å². The van der Waals surface area contributed by atoms with Gasteiger partial charge in [0, 0.05) is 25.6 Å². The van der Waals surface area contributed by atoms with Crippen LogP contribution in [0.3, 0.4) is 0 Å². The number of nitrogens with zero attached hydrogens (tertiary/aromatic N) is 3. The maximum atomic E-state index is 11.5. The van der Waals surface area contributed by atoms with Crippen LogP contribution in [0.4, 0.5) is 5.69 Å². The van der Waals surface area contributed by atoms with Gasteiger partial charge in [0.2, 0.25) is 5.91 Å². The lowest BCUT2D eigenvalue weighted by Gasteiger charge is -2.03. The molecule has 1 amide bonds. The van der Waals surface area contributed by atoms with E-state index in [1.807, 2.05) is 42.8 Å². The summed E-state index contributed by atoms with van der Waals surface area (Å²) in [5.41, 5.74) is 2.60. The van der Waals surface area contributed by atoms with Crippen molar-refractivity contribution in [3.8, 4) is 6.07 Å². The maximum Gasteiger partial charge on any atom is 0.225 e. The molecule has 1 heterocycles. The van der Waals surface area contributed by atoms with Crippen molar-refractivity contribution in [1.29, 1.82) is 5.26 Å². The van der Waals surface area contributed by atoms with Crippen LogP contribution < -0.4 is 5.32 Å². The number of amides is 1. The SMILES string of the molecule is Cc1nc2cc(NC(=O)CCC#N)ccc2n1C. The molecule has 0 saturated heterocycles. The topological polar surface area (TPSA) is 70.7 Å². The van der Waals surface area contributed by atoms with Crippen molar-refractivity contribution < 1.29 is 4.79 Å². The summed E-state index contributed by atoms with van der Waals surface area (Å²) in [7, 11) is 1.95. The van der Waals surface area contributed by atoms with Crippen LogP contribution in [-0.4, -0.2) is 15.5 Å². The van der Waals surface area contributed by atoms with Gasteiger partial charge in [0.05, 0.1) is 17.1 Å². The van der Waals surface area contributed by atoms with Gasteiger partial charge < -0.3 is 9.88 Å². The summed E-state index contributed by atoms with van der Waals surface area (Å²) < 4.78 is 2.00. The molecule has 2 rings (SSSR count). The third kappa shape index (κ3) is 2.33. The van der Waals surface area contributed by atoms with Crippen molar-refractivity contribution in [3.63, 3.8) is 0 Å². The lowest BCUT2D eigenvalue weighted by atomic mass is 10.2. The molecule has 92 valence electrons. The Kier molecular flexibility index (Phi) is 3.28. The highest BCUT2D eigenvalue weighted by Gasteiger charge is 2.06. The second-order valence-electron chi connectivity index (χ2n) is 4.13. The minimum Gasteiger partial charge on any atom is -0.331 e. The number of hydrogen-bond acceptors (Lipinski definition) is 3. The van der Waals surface area contributed by atoms with Crippen molar-refractivity contribution in [1.82, 2.24) is 9.55 Å². The second-order valence-corrected chi connectivity index (χ2v) is 4.13. The number of hydrogen-bond donors (Lipinski definition) is 1. The average molecular weight is 242 g/mol. The van der Waals surface area contributed by atoms with Gasteiger partial charge in [0.1, 0.15) is 5.82 Å². The first-order chi connectivity index (χ1) is 8.61. The fourth-order valence-corrected chi connectivity index (χ4v) is 1.79. The predicted octanol–water partition coefficient (Wildman–Crippen LogP) is 2.12. The highest BCUT2D eigenvalue weighted by molar-refractivity contribution is 5.93. The number of anilines is 1. The van der Waals surface area contributed by atoms with Crippen molar-refractivity contribution in [2.45, 2.75) is 19.8 Å². The number of aryl methyl sites for hydroxylation is 2. The first-order valence-corrected chi connectivity index (χ1v) is 5.71. The molecular weight excluding hydrogens is 228 g/mol. The Bertz CT molecular complexity index is 636. The van der Waals surface area contributed by atoms with E-state index in [1.165, 1.54) is 0 Å². The monoisotopic (exact) mass is 242 g/mol. The molecule has 1 N–H and O–H groups in total. The van der Waals surface area contributed by atoms with Gasteiger partial charge in [-0.15, -0.1) is 0 Å². The summed E-state index contributed by atoms with van der Waals surface area (Å²) in [6, 6.07) is 7.56. The van der Waals surface area contributed by atoms with Crippen LogP contribution in [0.15, 0.2) is 18.2 Å². The van der Waals surface area contributed by atoms with E-state index in [-0.39, 0.29) is 18.7 Å². The number of imidazole rings is 1. The minimum atomic E-state index is -0.149. The lowest BCUT2D eigenvalue weighted by molar-refractivity contribution is -0.116. The van der Waals surface area contributed by atoms with Gasteiger partial charge in [-0.1, -0.05) is 0 Å². The molecule has 0 fully saturated rings. The highest BCUT2D eigenvalue weighted by Crippen LogP contribution is 2.19. The number of aromatic nitrogens is 2. The molecule has 0 bridgehead atoms. The van der Waals surface area contributed by atoms with E-state index >= 15 is 0 Å². The molecule has 5 nitrogen and oxygen atoms in total. The quantitative estimate of drug-likeness (QED) is 0.896. The summed E-state index contributed by atoms with van der Waals surface area (Å²) in [6.45, 7) is 1.94. The van der Waals surface area contributed by atoms with Crippen LogP contribution >= 0.6 is 0 Å². The van der Waals surface area contributed by atoms with Crippen LogP contribution in [0.2, 0.25) is 0 Å². The van der Waals surface area contributed by atoms with Gasteiger partial charge in [0.15, 0.2) is 0 Å². The third-order valence-electron chi connectivity index (χ3n) is 2.85. The Morgan fingerprint density at radius 1 is 1.56 bits per heavy atom. The predicted molar refractivity (Wildman–Crippen MR) is 68.9 cm³/mol.